The van der Waals surface area contributed by atoms with E-state index >= 15 is 0 Å². The third-order valence-corrected chi connectivity index (χ3v) is 2.41. The van der Waals surface area contributed by atoms with E-state index in [0.717, 1.165) is 6.42 Å². The first-order valence-electron chi connectivity index (χ1n) is 5.40. The molecular weight excluding hydrogens is 194 g/mol. The molecule has 0 saturated heterocycles. The van der Waals surface area contributed by atoms with Gasteiger partial charge in [-0.05, 0) is 11.8 Å². The van der Waals surface area contributed by atoms with Gasteiger partial charge in [0.05, 0.1) is 12.7 Å². The lowest BCUT2D eigenvalue weighted by molar-refractivity contribution is -0.0295. The van der Waals surface area contributed by atoms with Gasteiger partial charge in [0.1, 0.15) is 0 Å². The fourth-order valence-corrected chi connectivity index (χ4v) is 1.27. The van der Waals surface area contributed by atoms with Crippen LogP contribution in [0.25, 0.3) is 0 Å². The summed E-state index contributed by atoms with van der Waals surface area (Å²) in [5.41, 5.74) is 5.94. The second-order valence-corrected chi connectivity index (χ2v) is 4.83. The number of aliphatic hydroxyl groups excluding tert-OH is 1. The number of hydrogen-bond donors (Lipinski definition) is 2. The molecule has 92 valence electrons. The number of nitrogens with two attached hydrogens (primary N) is 1. The van der Waals surface area contributed by atoms with Crippen LogP contribution in [0.3, 0.4) is 0 Å². The van der Waals surface area contributed by atoms with Gasteiger partial charge in [-0.25, -0.2) is 0 Å². The van der Waals surface area contributed by atoms with E-state index in [1.54, 1.807) is 7.11 Å². The van der Waals surface area contributed by atoms with Gasteiger partial charge in [-0.15, -0.1) is 0 Å². The number of aliphatic hydroxyl groups is 1. The van der Waals surface area contributed by atoms with Crippen molar-refractivity contribution >= 4 is 0 Å². The second kappa shape index (κ2) is 7.17. The van der Waals surface area contributed by atoms with E-state index in [4.69, 9.17) is 15.2 Å². The molecule has 0 spiro atoms. The molecule has 0 aromatic heterocycles. The zero-order chi connectivity index (χ0) is 11.9. The normalized spacial score (nSPS) is 16.4. The summed E-state index contributed by atoms with van der Waals surface area (Å²) in [6.45, 7) is 7.33. The highest BCUT2D eigenvalue weighted by Crippen LogP contribution is 2.21. The molecule has 15 heavy (non-hydrogen) atoms. The Kier molecular flexibility index (Phi) is 7.09. The topological polar surface area (TPSA) is 64.7 Å². The Labute approximate surface area is 92.7 Å². The van der Waals surface area contributed by atoms with Gasteiger partial charge in [-0.3, -0.25) is 0 Å². The fraction of sp³-hybridized carbons (Fsp3) is 1.00. The number of hydrogen-bond acceptors (Lipinski definition) is 4. The molecule has 0 heterocycles. The molecule has 0 aliphatic heterocycles. The third kappa shape index (κ3) is 6.10. The largest absolute Gasteiger partial charge is 0.394 e. The average molecular weight is 219 g/mol. The van der Waals surface area contributed by atoms with Gasteiger partial charge in [0, 0.05) is 26.4 Å². The van der Waals surface area contributed by atoms with Crippen molar-refractivity contribution in [1.82, 2.24) is 0 Å². The lowest BCUT2D eigenvalue weighted by Crippen LogP contribution is -2.48. The zero-order valence-electron chi connectivity index (χ0n) is 10.3. The predicted octanol–water partition coefficient (Wildman–Crippen LogP) is 0.774. The van der Waals surface area contributed by atoms with Crippen LogP contribution in [0, 0.1) is 5.41 Å². The van der Waals surface area contributed by atoms with Crippen molar-refractivity contribution in [2.75, 3.05) is 26.9 Å². The van der Waals surface area contributed by atoms with Crippen molar-refractivity contribution in [3.05, 3.63) is 0 Å². The van der Waals surface area contributed by atoms with Gasteiger partial charge in [0.25, 0.3) is 0 Å². The Morgan fingerprint density at radius 2 is 1.87 bits per heavy atom. The molecule has 0 fully saturated rings. The van der Waals surface area contributed by atoms with Crippen LogP contribution < -0.4 is 5.73 Å². The van der Waals surface area contributed by atoms with Crippen LogP contribution in [0.4, 0.5) is 0 Å². The van der Waals surface area contributed by atoms with E-state index in [0.29, 0.717) is 13.2 Å². The Hall–Kier alpha value is -0.160. The van der Waals surface area contributed by atoms with E-state index < -0.39 is 0 Å². The highest BCUT2D eigenvalue weighted by atomic mass is 16.5. The van der Waals surface area contributed by atoms with E-state index in [2.05, 4.69) is 0 Å². The average Bonchev–Trinajstić information content (AvgIpc) is 2.16. The Bertz CT molecular complexity index is 156. The molecule has 2 unspecified atom stereocenters. The highest BCUT2D eigenvalue weighted by molar-refractivity contribution is 4.84. The number of methoxy groups -OCH3 is 1. The van der Waals surface area contributed by atoms with Crippen molar-refractivity contribution in [3.63, 3.8) is 0 Å². The van der Waals surface area contributed by atoms with Gasteiger partial charge in [-0.2, -0.15) is 0 Å². The molecule has 2 atom stereocenters. The molecule has 0 radical (unpaired) electrons. The van der Waals surface area contributed by atoms with Gasteiger partial charge in [-0.1, -0.05) is 20.8 Å². The van der Waals surface area contributed by atoms with E-state index in [1.165, 1.54) is 0 Å². The molecule has 0 aliphatic rings. The molecule has 0 bridgehead atoms. The summed E-state index contributed by atoms with van der Waals surface area (Å²) in [6.07, 6.45) is 0.533. The molecule has 4 nitrogen and oxygen atoms in total. The maximum atomic E-state index is 9.18. The van der Waals surface area contributed by atoms with Crippen LogP contribution in [0.2, 0.25) is 0 Å². The minimum absolute atomic E-state index is 0.0363. The standard InChI is InChI=1S/C11H25NO3/c1-11(2,3)10(12)9(8-13)15-7-5-6-14-4/h9-10,13H,5-8,12H2,1-4H3. The van der Waals surface area contributed by atoms with Crippen LogP contribution in [-0.2, 0) is 9.47 Å². The lowest BCUT2D eigenvalue weighted by Gasteiger charge is -2.33. The summed E-state index contributed by atoms with van der Waals surface area (Å²) in [5, 5.41) is 9.18. The first-order chi connectivity index (χ1) is 6.93. The first-order valence-corrected chi connectivity index (χ1v) is 5.40. The van der Waals surface area contributed by atoms with Crippen molar-refractivity contribution in [3.8, 4) is 0 Å². The predicted molar refractivity (Wildman–Crippen MR) is 60.7 cm³/mol. The lowest BCUT2D eigenvalue weighted by atomic mass is 9.84. The smallest absolute Gasteiger partial charge is 0.0961 e. The summed E-state index contributed by atoms with van der Waals surface area (Å²) in [6, 6.07) is -0.162. The van der Waals surface area contributed by atoms with Crippen molar-refractivity contribution in [1.29, 1.82) is 0 Å². The van der Waals surface area contributed by atoms with Crippen molar-refractivity contribution < 1.29 is 14.6 Å². The molecule has 3 N–H and O–H groups in total. The van der Waals surface area contributed by atoms with Gasteiger partial charge < -0.3 is 20.3 Å². The summed E-state index contributed by atoms with van der Waals surface area (Å²) in [4.78, 5) is 0. The van der Waals surface area contributed by atoms with E-state index in [9.17, 15) is 5.11 Å². The van der Waals surface area contributed by atoms with Crippen LogP contribution in [0.15, 0.2) is 0 Å². The molecule has 0 aliphatic carbocycles. The molecule has 0 amide bonds. The first kappa shape index (κ1) is 14.8. The van der Waals surface area contributed by atoms with Crippen molar-refractivity contribution in [2.24, 2.45) is 11.1 Å². The molecule has 0 rings (SSSR count). The van der Waals surface area contributed by atoms with Gasteiger partial charge >= 0.3 is 0 Å². The molecular formula is C11H25NO3. The highest BCUT2D eigenvalue weighted by Gasteiger charge is 2.28. The molecule has 0 saturated carbocycles. The maximum absolute atomic E-state index is 9.18. The second-order valence-electron chi connectivity index (χ2n) is 4.83. The fourth-order valence-electron chi connectivity index (χ4n) is 1.27. The monoisotopic (exact) mass is 219 g/mol. The number of rotatable bonds is 7. The third-order valence-electron chi connectivity index (χ3n) is 2.41. The van der Waals surface area contributed by atoms with Gasteiger partial charge in [0.2, 0.25) is 0 Å². The summed E-state index contributed by atoms with van der Waals surface area (Å²) < 4.78 is 10.4. The van der Waals surface area contributed by atoms with Crippen LogP contribution in [0.5, 0.6) is 0 Å². The quantitative estimate of drug-likeness (QED) is 0.621. The zero-order valence-corrected chi connectivity index (χ0v) is 10.3. The summed E-state index contributed by atoms with van der Waals surface area (Å²) in [5.74, 6) is 0. The SMILES string of the molecule is COCCCOC(CO)C(N)C(C)(C)C. The maximum Gasteiger partial charge on any atom is 0.0961 e. The summed E-state index contributed by atoms with van der Waals surface area (Å²) in [7, 11) is 1.66. The van der Waals surface area contributed by atoms with E-state index in [-0.39, 0.29) is 24.2 Å². The van der Waals surface area contributed by atoms with E-state index in [1.807, 2.05) is 20.8 Å². The molecule has 0 aromatic carbocycles. The Morgan fingerprint density at radius 1 is 1.27 bits per heavy atom. The van der Waals surface area contributed by atoms with Crippen molar-refractivity contribution in [2.45, 2.75) is 39.3 Å². The number of ether oxygens (including phenoxy) is 2. The summed E-state index contributed by atoms with van der Waals surface area (Å²) >= 11 is 0. The minimum atomic E-state index is -0.290. The molecule has 4 heteroatoms. The van der Waals surface area contributed by atoms with Gasteiger partial charge in [0.15, 0.2) is 0 Å². The van der Waals surface area contributed by atoms with Crippen LogP contribution >= 0.6 is 0 Å². The Morgan fingerprint density at radius 3 is 2.27 bits per heavy atom. The minimum Gasteiger partial charge on any atom is -0.394 e. The van der Waals surface area contributed by atoms with Crippen LogP contribution in [-0.4, -0.2) is 44.2 Å². The van der Waals surface area contributed by atoms with Crippen LogP contribution in [0.1, 0.15) is 27.2 Å². The Balaban J connectivity index is 3.91. The molecule has 0 aromatic rings.